The first kappa shape index (κ1) is 13.7. The van der Waals surface area contributed by atoms with E-state index in [-0.39, 0.29) is 18.1 Å². The quantitative estimate of drug-likeness (QED) is 0.765. The third-order valence-corrected chi connectivity index (χ3v) is 3.55. The number of carbonyl (C=O) groups is 1. The summed E-state index contributed by atoms with van der Waals surface area (Å²) in [5.74, 6) is 0.682. The van der Waals surface area contributed by atoms with Gasteiger partial charge in [-0.15, -0.1) is 0 Å². The Bertz CT molecular complexity index is 447. The zero-order chi connectivity index (χ0) is 13.8. The van der Waals surface area contributed by atoms with Gasteiger partial charge in [0.2, 0.25) is 0 Å². The number of hydrogen-bond acceptors (Lipinski definition) is 4. The molecule has 19 heavy (non-hydrogen) atoms. The van der Waals surface area contributed by atoms with E-state index in [0.717, 1.165) is 30.8 Å². The van der Waals surface area contributed by atoms with E-state index in [1.807, 2.05) is 31.2 Å². The van der Waals surface area contributed by atoms with Crippen molar-refractivity contribution in [1.29, 1.82) is 0 Å². The van der Waals surface area contributed by atoms with Gasteiger partial charge in [0.1, 0.15) is 11.8 Å². The second-order valence-corrected chi connectivity index (χ2v) is 4.86. The van der Waals surface area contributed by atoms with E-state index in [1.54, 1.807) is 0 Å². The summed E-state index contributed by atoms with van der Waals surface area (Å²) in [5, 5.41) is 0. The van der Waals surface area contributed by atoms with Crippen LogP contribution in [0.3, 0.4) is 0 Å². The Morgan fingerprint density at radius 3 is 2.89 bits per heavy atom. The number of esters is 1. The summed E-state index contributed by atoms with van der Waals surface area (Å²) in [6.07, 6.45) is 2.02. The number of benzene rings is 1. The molecular formula is C15H21NO3. The molecule has 4 heteroatoms. The fraction of sp³-hybridized carbons (Fsp3) is 0.533. The fourth-order valence-electron chi connectivity index (χ4n) is 2.13. The van der Waals surface area contributed by atoms with E-state index in [2.05, 4.69) is 11.8 Å². The van der Waals surface area contributed by atoms with Crippen molar-refractivity contribution in [2.75, 3.05) is 18.6 Å². The second kappa shape index (κ2) is 5.95. The molecule has 0 aliphatic carbocycles. The van der Waals surface area contributed by atoms with Gasteiger partial charge in [-0.1, -0.05) is 13.0 Å². The Kier molecular flexibility index (Phi) is 4.30. The van der Waals surface area contributed by atoms with Gasteiger partial charge in [-0.25, -0.2) is 4.79 Å². The highest BCUT2D eigenvalue weighted by atomic mass is 16.5. The van der Waals surface area contributed by atoms with Gasteiger partial charge in [-0.2, -0.15) is 0 Å². The van der Waals surface area contributed by atoms with Gasteiger partial charge >= 0.3 is 5.97 Å². The SMILES string of the molecule is CCC(C)Oc1cccc(N2CCC2C(=O)OC)c1. The van der Waals surface area contributed by atoms with Crippen molar-refractivity contribution in [1.82, 2.24) is 0 Å². The van der Waals surface area contributed by atoms with Gasteiger partial charge in [0.15, 0.2) is 0 Å². The topological polar surface area (TPSA) is 38.8 Å². The number of rotatable bonds is 5. The minimum Gasteiger partial charge on any atom is -0.491 e. The molecule has 1 saturated heterocycles. The van der Waals surface area contributed by atoms with E-state index < -0.39 is 0 Å². The lowest BCUT2D eigenvalue weighted by atomic mass is 10.0. The first-order valence-corrected chi connectivity index (χ1v) is 6.77. The average molecular weight is 263 g/mol. The van der Waals surface area contributed by atoms with Crippen LogP contribution in [0.4, 0.5) is 5.69 Å². The second-order valence-electron chi connectivity index (χ2n) is 4.86. The zero-order valence-electron chi connectivity index (χ0n) is 11.8. The van der Waals surface area contributed by atoms with Crippen LogP contribution >= 0.6 is 0 Å². The Morgan fingerprint density at radius 2 is 2.32 bits per heavy atom. The number of ether oxygens (including phenoxy) is 2. The van der Waals surface area contributed by atoms with E-state index in [9.17, 15) is 4.79 Å². The molecule has 2 atom stereocenters. The number of nitrogens with zero attached hydrogens (tertiary/aromatic N) is 1. The minimum absolute atomic E-state index is 0.149. The van der Waals surface area contributed by atoms with Crippen LogP contribution in [0.25, 0.3) is 0 Å². The van der Waals surface area contributed by atoms with Crippen LogP contribution in [0.2, 0.25) is 0 Å². The van der Waals surface area contributed by atoms with Crippen molar-refractivity contribution in [3.05, 3.63) is 24.3 Å². The van der Waals surface area contributed by atoms with Gasteiger partial charge in [-0.3, -0.25) is 0 Å². The Labute approximate surface area is 114 Å². The number of methoxy groups -OCH3 is 1. The molecule has 1 heterocycles. The predicted molar refractivity (Wildman–Crippen MR) is 74.6 cm³/mol. The lowest BCUT2D eigenvalue weighted by Gasteiger charge is -2.40. The van der Waals surface area contributed by atoms with Gasteiger partial charge < -0.3 is 14.4 Å². The molecule has 0 spiro atoms. The number of carbonyl (C=O) groups excluding carboxylic acids is 1. The van der Waals surface area contributed by atoms with E-state index >= 15 is 0 Å². The van der Waals surface area contributed by atoms with Crippen LogP contribution < -0.4 is 9.64 Å². The summed E-state index contributed by atoms with van der Waals surface area (Å²) >= 11 is 0. The molecule has 104 valence electrons. The maximum Gasteiger partial charge on any atom is 0.328 e. The Morgan fingerprint density at radius 1 is 1.53 bits per heavy atom. The van der Waals surface area contributed by atoms with Crippen molar-refractivity contribution >= 4 is 11.7 Å². The number of anilines is 1. The molecule has 1 aliphatic rings. The molecule has 0 aromatic heterocycles. The molecule has 2 rings (SSSR count). The van der Waals surface area contributed by atoms with Gasteiger partial charge in [0, 0.05) is 18.3 Å². The Hall–Kier alpha value is -1.71. The molecule has 1 aromatic carbocycles. The Balaban J connectivity index is 2.08. The standard InChI is InChI=1S/C15H21NO3/c1-4-11(2)19-13-7-5-6-12(10-13)16-9-8-14(16)15(17)18-3/h5-7,10-11,14H,4,8-9H2,1-3H3. The van der Waals surface area contributed by atoms with Crippen LogP contribution in [0.5, 0.6) is 5.75 Å². The summed E-state index contributed by atoms with van der Waals surface area (Å²) in [6, 6.07) is 7.74. The fourth-order valence-corrected chi connectivity index (χ4v) is 2.13. The van der Waals surface area contributed by atoms with Gasteiger partial charge in [-0.05, 0) is 31.9 Å². The summed E-state index contributed by atoms with van der Waals surface area (Å²) in [4.78, 5) is 13.6. The lowest BCUT2D eigenvalue weighted by molar-refractivity contribution is -0.143. The molecule has 1 fully saturated rings. The van der Waals surface area contributed by atoms with Crippen molar-refractivity contribution in [2.45, 2.75) is 38.8 Å². The molecule has 1 aromatic rings. The maximum absolute atomic E-state index is 11.6. The van der Waals surface area contributed by atoms with Crippen LogP contribution in [0, 0.1) is 0 Å². The predicted octanol–water partition coefficient (Wildman–Crippen LogP) is 2.62. The molecule has 1 aliphatic heterocycles. The third kappa shape index (κ3) is 3.00. The average Bonchev–Trinajstić information content (AvgIpc) is 2.37. The highest BCUT2D eigenvalue weighted by Crippen LogP contribution is 2.30. The monoisotopic (exact) mass is 263 g/mol. The highest BCUT2D eigenvalue weighted by molar-refractivity contribution is 5.82. The van der Waals surface area contributed by atoms with Crippen molar-refractivity contribution < 1.29 is 14.3 Å². The van der Waals surface area contributed by atoms with E-state index in [0.29, 0.717) is 0 Å². The van der Waals surface area contributed by atoms with Crippen LogP contribution in [-0.2, 0) is 9.53 Å². The smallest absolute Gasteiger partial charge is 0.328 e. The van der Waals surface area contributed by atoms with E-state index in [4.69, 9.17) is 9.47 Å². The van der Waals surface area contributed by atoms with Crippen molar-refractivity contribution in [3.63, 3.8) is 0 Å². The molecule has 0 bridgehead atoms. The summed E-state index contributed by atoms with van der Waals surface area (Å²) in [5.41, 5.74) is 1.02. The first-order chi connectivity index (χ1) is 9.15. The molecule has 0 amide bonds. The zero-order valence-corrected chi connectivity index (χ0v) is 11.8. The largest absolute Gasteiger partial charge is 0.491 e. The van der Waals surface area contributed by atoms with Crippen LogP contribution in [-0.4, -0.2) is 31.8 Å². The lowest BCUT2D eigenvalue weighted by Crippen LogP contribution is -2.53. The van der Waals surface area contributed by atoms with Crippen molar-refractivity contribution in [2.24, 2.45) is 0 Å². The third-order valence-electron chi connectivity index (χ3n) is 3.55. The van der Waals surface area contributed by atoms with Crippen molar-refractivity contribution in [3.8, 4) is 5.75 Å². The molecule has 2 unspecified atom stereocenters. The highest BCUT2D eigenvalue weighted by Gasteiger charge is 2.35. The molecule has 4 nitrogen and oxygen atoms in total. The molecule has 0 saturated carbocycles. The number of hydrogen-bond donors (Lipinski definition) is 0. The first-order valence-electron chi connectivity index (χ1n) is 6.77. The molecule has 0 radical (unpaired) electrons. The van der Waals surface area contributed by atoms with E-state index in [1.165, 1.54) is 7.11 Å². The summed E-state index contributed by atoms with van der Waals surface area (Å²) in [6.45, 7) is 5.03. The minimum atomic E-state index is -0.167. The maximum atomic E-state index is 11.6. The molecular weight excluding hydrogens is 242 g/mol. The summed E-state index contributed by atoms with van der Waals surface area (Å²) in [7, 11) is 1.43. The van der Waals surface area contributed by atoms with Crippen LogP contribution in [0.15, 0.2) is 24.3 Å². The summed E-state index contributed by atoms with van der Waals surface area (Å²) < 4.78 is 10.6. The van der Waals surface area contributed by atoms with Gasteiger partial charge in [0.05, 0.1) is 13.2 Å². The molecule has 0 N–H and O–H groups in total. The van der Waals surface area contributed by atoms with Gasteiger partial charge in [0.25, 0.3) is 0 Å². The van der Waals surface area contributed by atoms with Crippen LogP contribution in [0.1, 0.15) is 26.7 Å². The normalized spacial score (nSPS) is 19.5.